The smallest absolute Gasteiger partial charge is 0.281 e. The minimum atomic E-state index is -0.419. The van der Waals surface area contributed by atoms with Crippen LogP contribution in [0.2, 0.25) is 0 Å². The number of benzene rings is 1. The highest BCUT2D eigenvalue weighted by Crippen LogP contribution is 2.39. The van der Waals surface area contributed by atoms with Crippen molar-refractivity contribution in [1.29, 1.82) is 0 Å². The Labute approximate surface area is 189 Å². The number of nitrogens with zero attached hydrogens (tertiary/aromatic N) is 2. The quantitative estimate of drug-likeness (QED) is 0.383. The van der Waals surface area contributed by atoms with Crippen LogP contribution in [0.5, 0.6) is 5.75 Å². The second-order valence-corrected chi connectivity index (χ2v) is 9.23. The largest absolute Gasteiger partial charge is 0.506 e. The molecular formula is C22H24N4O3S2. The lowest BCUT2D eigenvalue weighted by molar-refractivity contribution is 0.0861. The molecule has 0 aliphatic carbocycles. The van der Waals surface area contributed by atoms with Crippen LogP contribution in [-0.4, -0.2) is 41.7 Å². The third kappa shape index (κ3) is 5.19. The number of hydrazine groups is 1. The lowest BCUT2D eigenvalue weighted by Gasteiger charge is -2.09. The minimum Gasteiger partial charge on any atom is -0.506 e. The van der Waals surface area contributed by atoms with Gasteiger partial charge in [0.25, 0.3) is 11.8 Å². The number of aromatic hydroxyl groups is 1. The highest BCUT2D eigenvalue weighted by molar-refractivity contribution is 7.16. The SMILES string of the molecule is C/C(=N\NC(=O)c1ccc(C(=O)NN(C)C)s1)c1csc(-c2ccc(C)c(C)c2)c1O. The van der Waals surface area contributed by atoms with E-state index in [0.29, 0.717) is 21.0 Å². The molecule has 0 radical (unpaired) electrons. The van der Waals surface area contributed by atoms with E-state index >= 15 is 0 Å². The highest BCUT2D eigenvalue weighted by Gasteiger charge is 2.17. The van der Waals surface area contributed by atoms with Crippen molar-refractivity contribution >= 4 is 40.2 Å². The van der Waals surface area contributed by atoms with Crippen LogP contribution in [0.4, 0.5) is 0 Å². The number of thiophene rings is 2. The molecule has 0 unspecified atom stereocenters. The van der Waals surface area contributed by atoms with Crippen LogP contribution in [0.3, 0.4) is 0 Å². The van der Waals surface area contributed by atoms with E-state index in [9.17, 15) is 14.7 Å². The van der Waals surface area contributed by atoms with Crippen LogP contribution in [0.25, 0.3) is 10.4 Å². The topological polar surface area (TPSA) is 94.0 Å². The van der Waals surface area contributed by atoms with Gasteiger partial charge in [0, 0.05) is 19.5 Å². The first kappa shape index (κ1) is 22.7. The standard InChI is InChI=1S/C22H24N4O3S2/c1-12-6-7-15(10-13(12)2)20-19(27)16(11-30-20)14(3)23-24-21(28)17-8-9-18(31-17)22(29)25-26(4)5/h6-11,27H,1-5H3,(H,24,28)(H,25,29)/b23-14+. The normalized spacial score (nSPS) is 11.6. The Balaban J connectivity index is 1.73. The van der Waals surface area contributed by atoms with Crippen molar-refractivity contribution < 1.29 is 14.7 Å². The Morgan fingerprint density at radius 2 is 1.71 bits per heavy atom. The number of aryl methyl sites for hydroxylation is 2. The van der Waals surface area contributed by atoms with Crippen LogP contribution in [0.15, 0.2) is 40.8 Å². The molecule has 0 fully saturated rings. The molecule has 0 saturated carbocycles. The Bertz CT molecular complexity index is 1160. The van der Waals surface area contributed by atoms with Crippen molar-refractivity contribution in [2.24, 2.45) is 5.10 Å². The van der Waals surface area contributed by atoms with Crippen LogP contribution in [-0.2, 0) is 0 Å². The number of nitrogens with one attached hydrogen (secondary N) is 2. The molecule has 1 aromatic carbocycles. The maximum Gasteiger partial charge on any atom is 0.281 e. The number of carbonyl (C=O) groups excluding carboxylic acids is 2. The van der Waals surface area contributed by atoms with Crippen molar-refractivity contribution in [2.45, 2.75) is 20.8 Å². The van der Waals surface area contributed by atoms with Gasteiger partial charge in [-0.15, -0.1) is 22.7 Å². The lowest BCUT2D eigenvalue weighted by atomic mass is 10.0. The maximum atomic E-state index is 12.4. The molecule has 31 heavy (non-hydrogen) atoms. The summed E-state index contributed by atoms with van der Waals surface area (Å²) in [7, 11) is 3.42. The van der Waals surface area contributed by atoms with Gasteiger partial charge in [0.2, 0.25) is 0 Å². The molecule has 0 bridgehead atoms. The maximum absolute atomic E-state index is 12.4. The predicted octanol–water partition coefficient (Wildman–Crippen LogP) is 4.16. The first-order valence-corrected chi connectivity index (χ1v) is 11.2. The summed E-state index contributed by atoms with van der Waals surface area (Å²) >= 11 is 2.50. The number of hydrogen-bond donors (Lipinski definition) is 3. The fraction of sp³-hybridized carbons (Fsp3) is 0.227. The van der Waals surface area contributed by atoms with Gasteiger partial charge >= 0.3 is 0 Å². The van der Waals surface area contributed by atoms with Crippen LogP contribution < -0.4 is 10.9 Å². The van der Waals surface area contributed by atoms with E-state index in [4.69, 9.17) is 0 Å². The summed E-state index contributed by atoms with van der Waals surface area (Å²) in [6.07, 6.45) is 0. The molecule has 2 aromatic heterocycles. The van der Waals surface area contributed by atoms with E-state index in [-0.39, 0.29) is 11.7 Å². The van der Waals surface area contributed by atoms with E-state index < -0.39 is 5.91 Å². The second-order valence-electron chi connectivity index (χ2n) is 7.26. The average molecular weight is 457 g/mol. The van der Waals surface area contributed by atoms with E-state index in [1.165, 1.54) is 21.9 Å². The monoisotopic (exact) mass is 456 g/mol. The van der Waals surface area contributed by atoms with Gasteiger partial charge in [-0.2, -0.15) is 5.10 Å². The van der Waals surface area contributed by atoms with Crippen molar-refractivity contribution in [3.05, 3.63) is 62.2 Å². The molecule has 0 spiro atoms. The zero-order valence-electron chi connectivity index (χ0n) is 17.9. The molecule has 9 heteroatoms. The van der Waals surface area contributed by atoms with Gasteiger partial charge < -0.3 is 5.11 Å². The van der Waals surface area contributed by atoms with Crippen molar-refractivity contribution in [3.8, 4) is 16.2 Å². The fourth-order valence-corrected chi connectivity index (χ4v) is 4.57. The third-order valence-electron chi connectivity index (χ3n) is 4.63. The molecule has 0 aliphatic rings. The van der Waals surface area contributed by atoms with Crippen molar-refractivity contribution in [1.82, 2.24) is 15.9 Å². The molecular weight excluding hydrogens is 432 g/mol. The summed E-state index contributed by atoms with van der Waals surface area (Å²) < 4.78 is 0. The Hall–Kier alpha value is -3.01. The van der Waals surface area contributed by atoms with Gasteiger partial charge in [0.1, 0.15) is 5.75 Å². The Morgan fingerprint density at radius 1 is 1.03 bits per heavy atom. The van der Waals surface area contributed by atoms with E-state index in [1.54, 1.807) is 33.2 Å². The lowest BCUT2D eigenvalue weighted by Crippen LogP contribution is -2.35. The molecule has 0 aliphatic heterocycles. The molecule has 2 heterocycles. The number of carbonyl (C=O) groups is 2. The van der Waals surface area contributed by atoms with Crippen LogP contribution in [0, 0.1) is 13.8 Å². The van der Waals surface area contributed by atoms with E-state index in [1.807, 2.05) is 37.4 Å². The highest BCUT2D eigenvalue weighted by atomic mass is 32.1. The number of hydrogen-bond acceptors (Lipinski definition) is 7. The van der Waals surface area contributed by atoms with Crippen LogP contribution >= 0.6 is 22.7 Å². The second kappa shape index (κ2) is 9.42. The summed E-state index contributed by atoms with van der Waals surface area (Å²) in [6.45, 7) is 5.80. The molecule has 3 rings (SSSR count). The Kier molecular flexibility index (Phi) is 6.89. The minimum absolute atomic E-state index is 0.141. The zero-order chi connectivity index (χ0) is 22.7. The first-order chi connectivity index (χ1) is 14.7. The molecule has 162 valence electrons. The van der Waals surface area contributed by atoms with Crippen molar-refractivity contribution in [3.63, 3.8) is 0 Å². The van der Waals surface area contributed by atoms with Gasteiger partial charge in [0.15, 0.2) is 0 Å². The summed E-state index contributed by atoms with van der Waals surface area (Å²) in [5, 5.41) is 18.2. The van der Waals surface area contributed by atoms with E-state index in [2.05, 4.69) is 16.0 Å². The number of hydrazone groups is 1. The molecule has 0 atom stereocenters. The number of amides is 2. The van der Waals surface area contributed by atoms with E-state index in [0.717, 1.165) is 27.3 Å². The summed E-state index contributed by atoms with van der Waals surface area (Å²) in [5.74, 6) is -0.560. The Morgan fingerprint density at radius 3 is 2.35 bits per heavy atom. The molecule has 0 saturated heterocycles. The molecule has 2 amide bonds. The first-order valence-electron chi connectivity index (χ1n) is 9.48. The predicted molar refractivity (Wildman–Crippen MR) is 126 cm³/mol. The van der Waals surface area contributed by atoms with Gasteiger partial charge in [-0.25, -0.2) is 10.4 Å². The average Bonchev–Trinajstić information content (AvgIpc) is 3.35. The van der Waals surface area contributed by atoms with Gasteiger partial charge in [0.05, 0.1) is 25.9 Å². The number of rotatable bonds is 6. The molecule has 7 nitrogen and oxygen atoms in total. The summed E-state index contributed by atoms with van der Waals surface area (Å²) in [5.41, 5.74) is 9.46. The summed E-state index contributed by atoms with van der Waals surface area (Å²) in [4.78, 5) is 26.0. The molecule has 3 N–H and O–H groups in total. The summed E-state index contributed by atoms with van der Waals surface area (Å²) in [6, 6.07) is 9.22. The van der Waals surface area contributed by atoms with Crippen molar-refractivity contribution in [2.75, 3.05) is 14.1 Å². The van der Waals surface area contributed by atoms with Crippen LogP contribution in [0.1, 0.15) is 43.0 Å². The van der Waals surface area contributed by atoms with Gasteiger partial charge in [-0.05, 0) is 49.6 Å². The van der Waals surface area contributed by atoms with Gasteiger partial charge in [-0.1, -0.05) is 18.2 Å². The van der Waals surface area contributed by atoms with Gasteiger partial charge in [-0.3, -0.25) is 15.0 Å². The zero-order valence-corrected chi connectivity index (χ0v) is 19.6. The third-order valence-corrected chi connectivity index (χ3v) is 6.73. The fourth-order valence-electron chi connectivity index (χ4n) is 2.79. The molecule has 3 aromatic rings.